The zero-order chi connectivity index (χ0) is 24.8. The van der Waals surface area contributed by atoms with Crippen molar-refractivity contribution < 1.29 is 23.8 Å². The Morgan fingerprint density at radius 3 is 2.34 bits per heavy atom. The van der Waals surface area contributed by atoms with Crippen LogP contribution in [0.5, 0.6) is 5.75 Å². The summed E-state index contributed by atoms with van der Waals surface area (Å²) in [5, 5.41) is 11.1. The van der Waals surface area contributed by atoms with Gasteiger partial charge in [-0.05, 0) is 66.1 Å². The standard InChI is InChI=1S/C28H27FN2O4/c1-2-3-4-17-35-23-11-7-20(8-12-23)25-24(26(32)21-5-9-22(29)10-6-21)27(33)28(34)31(25)18-19-13-15-30-16-14-19/h5-16,25,32H,2-4,17-18H2,1H3/b26-24+. The Bertz CT molecular complexity index is 1210. The third-order valence-electron chi connectivity index (χ3n) is 5.97. The van der Waals surface area contributed by atoms with E-state index in [-0.39, 0.29) is 23.4 Å². The highest BCUT2D eigenvalue weighted by Crippen LogP contribution is 2.40. The van der Waals surface area contributed by atoms with Crippen LogP contribution < -0.4 is 4.74 Å². The van der Waals surface area contributed by atoms with Gasteiger partial charge in [-0.1, -0.05) is 31.9 Å². The van der Waals surface area contributed by atoms with E-state index in [0.717, 1.165) is 24.8 Å². The predicted molar refractivity (Wildman–Crippen MR) is 130 cm³/mol. The first kappa shape index (κ1) is 24.1. The van der Waals surface area contributed by atoms with Crippen LogP contribution in [-0.2, 0) is 16.1 Å². The van der Waals surface area contributed by atoms with Crippen LogP contribution in [0.2, 0.25) is 0 Å². The van der Waals surface area contributed by atoms with Crippen LogP contribution in [0.15, 0.2) is 78.6 Å². The summed E-state index contributed by atoms with van der Waals surface area (Å²) in [5.41, 5.74) is 1.67. The highest BCUT2D eigenvalue weighted by Gasteiger charge is 2.46. The number of ether oxygens (including phenoxy) is 1. The van der Waals surface area contributed by atoms with Gasteiger partial charge < -0.3 is 14.7 Å². The summed E-state index contributed by atoms with van der Waals surface area (Å²) < 4.78 is 19.2. The number of likely N-dealkylation sites (tertiary alicyclic amines) is 1. The van der Waals surface area contributed by atoms with E-state index < -0.39 is 23.5 Å². The molecule has 1 aliphatic rings. The number of nitrogens with zero attached hydrogens (tertiary/aromatic N) is 2. The maximum atomic E-state index is 13.4. The molecule has 2 aromatic carbocycles. The number of rotatable bonds is 9. The van der Waals surface area contributed by atoms with Crippen molar-refractivity contribution in [3.8, 4) is 5.75 Å². The van der Waals surface area contributed by atoms with E-state index in [9.17, 15) is 19.1 Å². The molecule has 0 radical (unpaired) electrons. The van der Waals surface area contributed by atoms with Crippen LogP contribution >= 0.6 is 0 Å². The van der Waals surface area contributed by atoms with Crippen molar-refractivity contribution in [3.63, 3.8) is 0 Å². The molecule has 0 aliphatic carbocycles. The summed E-state index contributed by atoms with van der Waals surface area (Å²) in [6.45, 7) is 2.90. The van der Waals surface area contributed by atoms with E-state index in [1.165, 1.54) is 29.2 Å². The molecule has 35 heavy (non-hydrogen) atoms. The number of carbonyl (C=O) groups excluding carboxylic acids is 2. The van der Waals surface area contributed by atoms with Crippen LogP contribution in [-0.4, -0.2) is 33.3 Å². The van der Waals surface area contributed by atoms with E-state index in [1.54, 1.807) is 48.8 Å². The lowest BCUT2D eigenvalue weighted by molar-refractivity contribution is -0.140. The Labute approximate surface area is 203 Å². The van der Waals surface area contributed by atoms with Gasteiger partial charge in [0.25, 0.3) is 11.7 Å². The molecule has 0 bridgehead atoms. The predicted octanol–water partition coefficient (Wildman–Crippen LogP) is 5.41. The second-order valence-electron chi connectivity index (χ2n) is 8.41. The normalized spacial score (nSPS) is 17.1. The number of Topliss-reactive ketones (excluding diaryl/α,β-unsaturated/α-hetero) is 1. The largest absolute Gasteiger partial charge is 0.507 e. The lowest BCUT2D eigenvalue weighted by Crippen LogP contribution is -2.29. The fraction of sp³-hybridized carbons (Fsp3) is 0.250. The first-order valence-electron chi connectivity index (χ1n) is 11.7. The molecule has 6 nitrogen and oxygen atoms in total. The Morgan fingerprint density at radius 2 is 1.69 bits per heavy atom. The molecule has 1 aromatic heterocycles. The lowest BCUT2D eigenvalue weighted by atomic mass is 9.95. The van der Waals surface area contributed by atoms with Crippen molar-refractivity contribution in [1.29, 1.82) is 0 Å². The van der Waals surface area contributed by atoms with Gasteiger partial charge in [0.05, 0.1) is 18.2 Å². The van der Waals surface area contributed by atoms with Crippen molar-refractivity contribution in [1.82, 2.24) is 9.88 Å². The van der Waals surface area contributed by atoms with Crippen LogP contribution in [0, 0.1) is 5.82 Å². The molecule has 0 saturated carbocycles. The van der Waals surface area contributed by atoms with Crippen molar-refractivity contribution in [2.75, 3.05) is 6.61 Å². The average Bonchev–Trinajstić information content (AvgIpc) is 3.12. The number of benzene rings is 2. The number of hydrogen-bond donors (Lipinski definition) is 1. The molecule has 7 heteroatoms. The smallest absolute Gasteiger partial charge is 0.295 e. The van der Waals surface area contributed by atoms with Gasteiger partial charge in [-0.25, -0.2) is 4.39 Å². The first-order valence-corrected chi connectivity index (χ1v) is 11.7. The topological polar surface area (TPSA) is 79.7 Å². The van der Waals surface area contributed by atoms with E-state index >= 15 is 0 Å². The highest BCUT2D eigenvalue weighted by molar-refractivity contribution is 6.46. The monoisotopic (exact) mass is 474 g/mol. The highest BCUT2D eigenvalue weighted by atomic mass is 19.1. The molecule has 1 atom stereocenters. The van der Waals surface area contributed by atoms with Crippen molar-refractivity contribution >= 4 is 17.4 Å². The third-order valence-corrected chi connectivity index (χ3v) is 5.97. The van der Waals surface area contributed by atoms with Crippen molar-refractivity contribution in [3.05, 3.63) is 101 Å². The first-order chi connectivity index (χ1) is 17.0. The van der Waals surface area contributed by atoms with Gasteiger partial charge >= 0.3 is 0 Å². The molecule has 4 rings (SSSR count). The van der Waals surface area contributed by atoms with E-state index in [2.05, 4.69) is 11.9 Å². The molecule has 1 amide bonds. The van der Waals surface area contributed by atoms with Gasteiger partial charge in [-0.2, -0.15) is 0 Å². The minimum Gasteiger partial charge on any atom is -0.507 e. The van der Waals surface area contributed by atoms with Crippen LogP contribution in [0.3, 0.4) is 0 Å². The minimum absolute atomic E-state index is 0.0349. The number of aromatic nitrogens is 1. The summed E-state index contributed by atoms with van der Waals surface area (Å²) in [4.78, 5) is 31.7. The molecule has 1 unspecified atom stereocenters. The number of carbonyl (C=O) groups is 2. The maximum Gasteiger partial charge on any atom is 0.295 e. The Balaban J connectivity index is 1.72. The molecule has 1 aliphatic heterocycles. The van der Waals surface area contributed by atoms with Gasteiger partial charge in [-0.3, -0.25) is 14.6 Å². The molecule has 180 valence electrons. The Hall–Kier alpha value is -4.00. The summed E-state index contributed by atoms with van der Waals surface area (Å²) in [7, 11) is 0. The number of hydrogen-bond acceptors (Lipinski definition) is 5. The van der Waals surface area contributed by atoms with E-state index in [0.29, 0.717) is 17.9 Å². The summed E-state index contributed by atoms with van der Waals surface area (Å²) >= 11 is 0. The third kappa shape index (κ3) is 5.40. The number of aliphatic hydroxyl groups excluding tert-OH is 1. The van der Waals surface area contributed by atoms with Gasteiger partial charge in [0, 0.05) is 24.5 Å². The molecule has 1 N–H and O–H groups in total. The number of ketones is 1. The van der Waals surface area contributed by atoms with Crippen molar-refractivity contribution in [2.24, 2.45) is 0 Å². The average molecular weight is 475 g/mol. The van der Waals surface area contributed by atoms with E-state index in [4.69, 9.17) is 4.74 Å². The number of aliphatic hydroxyl groups is 1. The zero-order valence-corrected chi connectivity index (χ0v) is 19.5. The molecule has 2 heterocycles. The zero-order valence-electron chi connectivity index (χ0n) is 19.5. The lowest BCUT2D eigenvalue weighted by Gasteiger charge is -2.25. The summed E-state index contributed by atoms with van der Waals surface area (Å²) in [6.07, 6.45) is 6.38. The summed E-state index contributed by atoms with van der Waals surface area (Å²) in [5.74, 6) is -1.62. The number of amides is 1. The fourth-order valence-corrected chi connectivity index (χ4v) is 4.13. The van der Waals surface area contributed by atoms with E-state index in [1.807, 2.05) is 0 Å². The van der Waals surface area contributed by atoms with Crippen LogP contribution in [0.1, 0.15) is 48.9 Å². The second-order valence-corrected chi connectivity index (χ2v) is 8.41. The van der Waals surface area contributed by atoms with Gasteiger partial charge in [0.15, 0.2) is 0 Å². The SMILES string of the molecule is CCCCCOc1ccc(C2/C(=C(\O)c3ccc(F)cc3)C(=O)C(=O)N2Cc2ccncc2)cc1. The number of pyridine rings is 1. The molecule has 3 aromatic rings. The second kappa shape index (κ2) is 11.0. The van der Waals surface area contributed by atoms with Gasteiger partial charge in [-0.15, -0.1) is 0 Å². The number of halogens is 1. The van der Waals surface area contributed by atoms with Crippen LogP contribution in [0.4, 0.5) is 4.39 Å². The molecular weight excluding hydrogens is 447 g/mol. The minimum atomic E-state index is -0.817. The number of unbranched alkanes of at least 4 members (excludes halogenated alkanes) is 2. The summed E-state index contributed by atoms with van der Waals surface area (Å²) in [6, 6.07) is 15.1. The fourth-order valence-electron chi connectivity index (χ4n) is 4.13. The quantitative estimate of drug-likeness (QED) is 0.194. The van der Waals surface area contributed by atoms with Gasteiger partial charge in [0.1, 0.15) is 17.3 Å². The Kier molecular flexibility index (Phi) is 7.55. The van der Waals surface area contributed by atoms with Crippen molar-refractivity contribution in [2.45, 2.75) is 38.8 Å². The van der Waals surface area contributed by atoms with Gasteiger partial charge in [0.2, 0.25) is 0 Å². The molecule has 1 fully saturated rings. The Morgan fingerprint density at radius 1 is 1.00 bits per heavy atom. The van der Waals surface area contributed by atoms with Crippen LogP contribution in [0.25, 0.3) is 5.76 Å². The molecule has 0 spiro atoms. The molecular formula is C28H27FN2O4. The molecule has 1 saturated heterocycles. The maximum absolute atomic E-state index is 13.4.